The standard InChI is InChI=1S/2C11H9BrS2/c1-11(2)6-3-4-13-9(6)10-8(11)7(12)5-14-10;1-11(2)6-3-4-13-9(6)10-7(11)5-8(12)14-10/h2*3-5H,1-2H3. The van der Waals surface area contributed by atoms with Crippen LogP contribution in [0, 0.1) is 0 Å². The van der Waals surface area contributed by atoms with E-state index in [0.717, 1.165) is 0 Å². The molecule has 4 aromatic heterocycles. The van der Waals surface area contributed by atoms with E-state index in [4.69, 9.17) is 0 Å². The highest BCUT2D eigenvalue weighted by atomic mass is 79.9. The second-order valence-corrected chi connectivity index (χ2v) is 14.2. The highest BCUT2D eigenvalue weighted by Crippen LogP contribution is 2.56. The molecule has 0 N–H and O–H groups in total. The zero-order valence-electron chi connectivity index (χ0n) is 15.9. The first kappa shape index (κ1) is 19.7. The van der Waals surface area contributed by atoms with Crippen molar-refractivity contribution in [2.45, 2.75) is 38.5 Å². The molecule has 0 saturated heterocycles. The van der Waals surface area contributed by atoms with E-state index in [1.54, 1.807) is 0 Å². The van der Waals surface area contributed by atoms with E-state index in [1.165, 1.54) is 50.0 Å². The van der Waals surface area contributed by atoms with Crippen LogP contribution < -0.4 is 0 Å². The minimum absolute atomic E-state index is 0.184. The average molecular weight is 570 g/mol. The summed E-state index contributed by atoms with van der Waals surface area (Å²) in [4.78, 5) is 5.88. The maximum atomic E-state index is 3.65. The molecule has 0 aliphatic heterocycles. The molecule has 4 aromatic rings. The van der Waals surface area contributed by atoms with E-state index in [1.807, 2.05) is 45.3 Å². The van der Waals surface area contributed by atoms with Crippen LogP contribution in [0.15, 0.2) is 42.6 Å². The quantitative estimate of drug-likeness (QED) is 0.198. The monoisotopic (exact) mass is 568 g/mol. The summed E-state index contributed by atoms with van der Waals surface area (Å²) in [5.41, 5.74) is 6.33. The third-order valence-corrected chi connectivity index (χ3v) is 11.5. The first-order valence-electron chi connectivity index (χ1n) is 8.97. The first-order valence-corrected chi connectivity index (χ1v) is 14.0. The third-order valence-electron chi connectivity index (χ3n) is 5.84. The van der Waals surface area contributed by atoms with E-state index >= 15 is 0 Å². The van der Waals surface area contributed by atoms with Crippen LogP contribution in [-0.2, 0) is 10.8 Å². The second-order valence-electron chi connectivity index (χ2n) is 8.16. The Morgan fingerprint density at radius 1 is 0.714 bits per heavy atom. The number of hydrogen-bond donors (Lipinski definition) is 0. The lowest BCUT2D eigenvalue weighted by Gasteiger charge is -2.19. The van der Waals surface area contributed by atoms with Gasteiger partial charge in [-0.15, -0.1) is 45.3 Å². The summed E-state index contributed by atoms with van der Waals surface area (Å²) >= 11 is 14.6. The molecule has 0 bridgehead atoms. The van der Waals surface area contributed by atoms with Gasteiger partial charge in [0.05, 0.1) is 3.79 Å². The van der Waals surface area contributed by atoms with Gasteiger partial charge in [0.15, 0.2) is 0 Å². The smallest absolute Gasteiger partial charge is 0.0708 e. The van der Waals surface area contributed by atoms with Crippen LogP contribution in [0.2, 0.25) is 0 Å². The van der Waals surface area contributed by atoms with Gasteiger partial charge in [-0.1, -0.05) is 27.7 Å². The van der Waals surface area contributed by atoms with E-state index in [-0.39, 0.29) is 10.8 Å². The Morgan fingerprint density at radius 2 is 1.32 bits per heavy atom. The van der Waals surface area contributed by atoms with Crippen molar-refractivity contribution in [3.8, 4) is 19.5 Å². The van der Waals surface area contributed by atoms with Gasteiger partial charge in [0, 0.05) is 40.2 Å². The number of halogens is 2. The molecule has 0 unspecified atom stereocenters. The molecular formula is C22H18Br2S4. The predicted octanol–water partition coefficient (Wildman–Crippen LogP) is 9.76. The fourth-order valence-electron chi connectivity index (χ4n) is 4.31. The average Bonchev–Trinajstić information content (AvgIpc) is 3.40. The van der Waals surface area contributed by atoms with Crippen LogP contribution in [0.4, 0.5) is 0 Å². The number of thiophene rings is 4. The highest BCUT2D eigenvalue weighted by molar-refractivity contribution is 9.11. The minimum atomic E-state index is 0.184. The largest absolute Gasteiger partial charge is 0.143 e. The van der Waals surface area contributed by atoms with Crippen LogP contribution in [-0.4, -0.2) is 0 Å². The SMILES string of the molecule is CC1(C)c2ccsc2-c2sc(Br)cc21.CC1(C)c2ccsc2-c2scc(Br)c21. The number of fused-ring (bicyclic) bond motifs is 6. The van der Waals surface area contributed by atoms with Crippen molar-refractivity contribution in [2.75, 3.05) is 0 Å². The molecule has 28 heavy (non-hydrogen) atoms. The lowest BCUT2D eigenvalue weighted by Crippen LogP contribution is -2.14. The van der Waals surface area contributed by atoms with Crippen LogP contribution >= 0.6 is 77.2 Å². The van der Waals surface area contributed by atoms with Gasteiger partial charge < -0.3 is 0 Å². The summed E-state index contributed by atoms with van der Waals surface area (Å²) in [6.45, 7) is 9.23. The van der Waals surface area contributed by atoms with Gasteiger partial charge in [-0.3, -0.25) is 0 Å². The molecule has 0 aromatic carbocycles. The zero-order chi connectivity index (χ0) is 19.8. The number of rotatable bonds is 0. The molecule has 0 atom stereocenters. The van der Waals surface area contributed by atoms with Crippen molar-refractivity contribution < 1.29 is 0 Å². The maximum absolute atomic E-state index is 3.65. The van der Waals surface area contributed by atoms with E-state index < -0.39 is 0 Å². The van der Waals surface area contributed by atoms with Crippen molar-refractivity contribution in [1.82, 2.24) is 0 Å². The molecule has 0 saturated carbocycles. The summed E-state index contributed by atoms with van der Waals surface area (Å²) in [6.07, 6.45) is 0. The topological polar surface area (TPSA) is 0 Å². The summed E-state index contributed by atoms with van der Waals surface area (Å²) in [7, 11) is 0. The molecule has 2 aliphatic carbocycles. The van der Waals surface area contributed by atoms with Crippen LogP contribution in [0.3, 0.4) is 0 Å². The maximum Gasteiger partial charge on any atom is 0.0708 e. The molecule has 144 valence electrons. The Labute approximate surface area is 198 Å². The molecule has 6 rings (SSSR count). The van der Waals surface area contributed by atoms with E-state index in [2.05, 4.69) is 93.9 Å². The van der Waals surface area contributed by atoms with Gasteiger partial charge >= 0.3 is 0 Å². The van der Waals surface area contributed by atoms with Gasteiger partial charge in [0.25, 0.3) is 0 Å². The van der Waals surface area contributed by atoms with E-state index in [0.29, 0.717) is 0 Å². The number of hydrogen-bond acceptors (Lipinski definition) is 4. The zero-order valence-corrected chi connectivity index (χ0v) is 22.3. The minimum Gasteiger partial charge on any atom is -0.143 e. The highest BCUT2D eigenvalue weighted by Gasteiger charge is 2.39. The van der Waals surface area contributed by atoms with Crippen molar-refractivity contribution in [3.63, 3.8) is 0 Å². The molecule has 2 aliphatic rings. The Balaban J connectivity index is 0.000000122. The van der Waals surface area contributed by atoms with Gasteiger partial charge in [0.1, 0.15) is 0 Å². The molecule has 0 amide bonds. The lowest BCUT2D eigenvalue weighted by molar-refractivity contribution is 0.660. The van der Waals surface area contributed by atoms with Gasteiger partial charge in [-0.25, -0.2) is 0 Å². The van der Waals surface area contributed by atoms with Crippen LogP contribution in [0.1, 0.15) is 49.9 Å². The normalized spacial score (nSPS) is 16.8. The second kappa shape index (κ2) is 6.63. The van der Waals surface area contributed by atoms with Gasteiger partial charge in [-0.2, -0.15) is 0 Å². The fourth-order valence-corrected chi connectivity index (χ4v) is 10.7. The Kier molecular flexibility index (Phi) is 4.67. The summed E-state index contributed by atoms with van der Waals surface area (Å²) in [6, 6.07) is 6.80. The molecule has 0 spiro atoms. The van der Waals surface area contributed by atoms with Crippen molar-refractivity contribution in [2.24, 2.45) is 0 Å². The molecular weight excluding hydrogens is 552 g/mol. The molecule has 0 fully saturated rings. The molecule has 4 heterocycles. The summed E-state index contributed by atoms with van der Waals surface area (Å²) in [5, 5.41) is 6.60. The molecule has 0 radical (unpaired) electrons. The summed E-state index contributed by atoms with van der Waals surface area (Å²) in [5.74, 6) is 0. The lowest BCUT2D eigenvalue weighted by atomic mass is 9.84. The Morgan fingerprint density at radius 3 is 2.00 bits per heavy atom. The van der Waals surface area contributed by atoms with E-state index in [9.17, 15) is 0 Å². The van der Waals surface area contributed by atoms with Crippen LogP contribution in [0.25, 0.3) is 19.5 Å². The molecule has 6 heteroatoms. The Hall–Kier alpha value is -0.240. The molecule has 0 nitrogen and oxygen atoms in total. The van der Waals surface area contributed by atoms with Crippen molar-refractivity contribution >= 4 is 77.2 Å². The van der Waals surface area contributed by atoms with Gasteiger partial charge in [0.2, 0.25) is 0 Å². The first-order chi connectivity index (χ1) is 13.2. The Bertz CT molecular complexity index is 1190. The van der Waals surface area contributed by atoms with Crippen molar-refractivity contribution in [1.29, 1.82) is 0 Å². The van der Waals surface area contributed by atoms with Gasteiger partial charge in [-0.05, 0) is 83.1 Å². The predicted molar refractivity (Wildman–Crippen MR) is 135 cm³/mol. The van der Waals surface area contributed by atoms with Crippen LogP contribution in [0.5, 0.6) is 0 Å². The fraction of sp³-hybridized carbons (Fsp3) is 0.273. The third kappa shape index (κ3) is 2.68. The van der Waals surface area contributed by atoms with Crippen molar-refractivity contribution in [3.05, 3.63) is 64.9 Å². The summed E-state index contributed by atoms with van der Waals surface area (Å²) < 4.78 is 2.51.